The lowest BCUT2D eigenvalue weighted by atomic mass is 9.81. The second kappa shape index (κ2) is 26.0. The fraction of sp³-hybridized carbons (Fsp3) is 1.00. The fourth-order valence-electron chi connectivity index (χ4n) is 4.13. The van der Waals surface area contributed by atoms with E-state index in [9.17, 15) is 0 Å². The Balaban J connectivity index is -0.000000430. The van der Waals surface area contributed by atoms with Crippen molar-refractivity contribution in [2.75, 3.05) is 33.7 Å². The molecule has 0 aromatic heterocycles. The first-order valence-electron chi connectivity index (χ1n) is 13.2. The first-order chi connectivity index (χ1) is 13.9. The Morgan fingerprint density at radius 1 is 0.655 bits per heavy atom. The maximum Gasteiger partial charge on any atom is 0.0101 e. The van der Waals surface area contributed by atoms with Crippen LogP contribution in [0.3, 0.4) is 0 Å². The smallest absolute Gasteiger partial charge is 0.0101 e. The van der Waals surface area contributed by atoms with Crippen molar-refractivity contribution < 1.29 is 0 Å². The Bertz CT molecular complexity index is 270. The zero-order valence-corrected chi connectivity index (χ0v) is 22.7. The molecule has 0 fully saturated rings. The molecule has 180 valence electrons. The number of hydrogen-bond donors (Lipinski definition) is 1. The quantitative estimate of drug-likeness (QED) is 0.256. The van der Waals surface area contributed by atoms with Crippen LogP contribution in [-0.2, 0) is 0 Å². The molecule has 0 aromatic carbocycles. The van der Waals surface area contributed by atoms with Gasteiger partial charge in [0.05, 0.1) is 0 Å². The van der Waals surface area contributed by atoms with Crippen molar-refractivity contribution in [3.05, 3.63) is 0 Å². The Kier molecular flexibility index (Phi) is 30.0. The zero-order chi connectivity index (χ0) is 23.1. The van der Waals surface area contributed by atoms with Gasteiger partial charge in [0.2, 0.25) is 0 Å². The summed E-state index contributed by atoms with van der Waals surface area (Å²) in [5, 5.41) is 3.54. The number of likely N-dealkylation sites (N-methyl/N-ethyl adjacent to an activating group) is 1. The molecule has 2 nitrogen and oxygen atoms in total. The van der Waals surface area contributed by atoms with Gasteiger partial charge in [0.1, 0.15) is 0 Å². The van der Waals surface area contributed by atoms with Gasteiger partial charge in [0, 0.05) is 13.1 Å². The summed E-state index contributed by atoms with van der Waals surface area (Å²) in [6.45, 7) is 23.7. The Morgan fingerprint density at radius 3 is 1.41 bits per heavy atom. The van der Waals surface area contributed by atoms with Crippen LogP contribution in [0.2, 0.25) is 0 Å². The summed E-state index contributed by atoms with van der Waals surface area (Å²) < 4.78 is 0. The van der Waals surface area contributed by atoms with E-state index in [4.69, 9.17) is 0 Å². The number of nitrogens with one attached hydrogen (secondary N) is 1. The molecule has 0 spiro atoms. The molecule has 1 N–H and O–H groups in total. The van der Waals surface area contributed by atoms with Gasteiger partial charge < -0.3 is 10.2 Å². The maximum atomic E-state index is 3.54. The monoisotopic (exact) mass is 414 g/mol. The molecule has 0 aromatic rings. The molecule has 0 saturated carbocycles. The molecule has 0 aliphatic rings. The van der Waals surface area contributed by atoms with Crippen LogP contribution in [0.5, 0.6) is 0 Å². The van der Waals surface area contributed by atoms with Crippen LogP contribution in [0.15, 0.2) is 0 Å². The highest BCUT2D eigenvalue weighted by atomic mass is 15.1. The van der Waals surface area contributed by atoms with Crippen LogP contribution in [-0.4, -0.2) is 38.6 Å². The van der Waals surface area contributed by atoms with Crippen molar-refractivity contribution >= 4 is 0 Å². The highest BCUT2D eigenvalue weighted by molar-refractivity contribution is 4.68. The third kappa shape index (κ3) is 22.4. The molecule has 0 aliphatic carbocycles. The number of rotatable bonds is 16. The van der Waals surface area contributed by atoms with Gasteiger partial charge >= 0.3 is 0 Å². The molecule has 0 bridgehead atoms. The Morgan fingerprint density at radius 2 is 1.07 bits per heavy atom. The lowest BCUT2D eigenvalue weighted by molar-refractivity contribution is 0.264. The normalized spacial score (nSPS) is 13.0. The first-order valence-corrected chi connectivity index (χ1v) is 13.2. The van der Waals surface area contributed by atoms with E-state index in [0.717, 1.165) is 36.8 Å². The summed E-state index contributed by atoms with van der Waals surface area (Å²) in [5.74, 6) is 3.67. The summed E-state index contributed by atoms with van der Waals surface area (Å²) in [6.07, 6.45) is 12.5. The van der Waals surface area contributed by atoms with Crippen molar-refractivity contribution in [1.29, 1.82) is 0 Å². The minimum absolute atomic E-state index is 0.807. The lowest BCUT2D eigenvalue weighted by Gasteiger charge is -2.25. The maximum absolute atomic E-state index is 3.54. The van der Waals surface area contributed by atoms with Gasteiger partial charge in [-0.3, -0.25) is 0 Å². The van der Waals surface area contributed by atoms with Crippen LogP contribution < -0.4 is 5.32 Å². The van der Waals surface area contributed by atoms with Crippen LogP contribution in [0.4, 0.5) is 0 Å². The Labute approximate surface area is 188 Å². The predicted octanol–water partition coefficient (Wildman–Crippen LogP) is 8.27. The van der Waals surface area contributed by atoms with Gasteiger partial charge in [-0.2, -0.15) is 0 Å². The fourth-order valence-corrected chi connectivity index (χ4v) is 4.13. The molecule has 2 atom stereocenters. The Hall–Kier alpha value is -0.0800. The zero-order valence-electron chi connectivity index (χ0n) is 22.7. The van der Waals surface area contributed by atoms with E-state index in [1.54, 1.807) is 0 Å². The van der Waals surface area contributed by atoms with Crippen LogP contribution in [0.1, 0.15) is 120 Å². The predicted molar refractivity (Wildman–Crippen MR) is 138 cm³/mol. The molecular formula is C27H62N2. The molecular weight excluding hydrogens is 352 g/mol. The van der Waals surface area contributed by atoms with Crippen molar-refractivity contribution in [2.45, 2.75) is 120 Å². The van der Waals surface area contributed by atoms with E-state index in [1.165, 1.54) is 64.3 Å². The second-order valence-corrected chi connectivity index (χ2v) is 9.09. The molecule has 0 amide bonds. The first kappa shape index (κ1) is 33.6. The lowest BCUT2D eigenvalue weighted by Crippen LogP contribution is -2.32. The van der Waals surface area contributed by atoms with Crippen LogP contribution in [0.25, 0.3) is 0 Å². The summed E-state index contributed by atoms with van der Waals surface area (Å²) in [5.41, 5.74) is 0. The highest BCUT2D eigenvalue weighted by Crippen LogP contribution is 2.29. The van der Waals surface area contributed by atoms with Crippen molar-refractivity contribution in [3.8, 4) is 0 Å². The standard InChI is InChI=1S/C13H28.C12H28N2.C2H6/c1-5-9-12(8-4)13(10-6-2)11-7-3;1-6-7-12(11(2)3)10-13-8-9-14(4)5;1-2/h12-13H,5-11H2,1-4H3;11-13H,6-10H2,1-5H3;1-2H3. The van der Waals surface area contributed by atoms with E-state index < -0.39 is 0 Å². The average Bonchev–Trinajstić information content (AvgIpc) is 2.70. The summed E-state index contributed by atoms with van der Waals surface area (Å²) >= 11 is 0. The molecule has 2 unspecified atom stereocenters. The van der Waals surface area contributed by atoms with Gasteiger partial charge in [-0.05, 0) is 50.7 Å². The average molecular weight is 415 g/mol. The topological polar surface area (TPSA) is 15.3 Å². The number of hydrogen-bond acceptors (Lipinski definition) is 2. The van der Waals surface area contributed by atoms with Gasteiger partial charge in [0.25, 0.3) is 0 Å². The molecule has 0 rings (SSSR count). The summed E-state index contributed by atoms with van der Waals surface area (Å²) in [7, 11) is 4.24. The second-order valence-electron chi connectivity index (χ2n) is 9.09. The summed E-state index contributed by atoms with van der Waals surface area (Å²) in [6, 6.07) is 0. The van der Waals surface area contributed by atoms with Crippen molar-refractivity contribution in [3.63, 3.8) is 0 Å². The van der Waals surface area contributed by atoms with E-state index in [2.05, 4.69) is 72.8 Å². The molecule has 2 heteroatoms. The SMILES string of the molecule is CC.CCCC(CC)C(CCC)CCC.CCCC(CNCCN(C)C)C(C)C. The minimum Gasteiger partial charge on any atom is -0.315 e. The van der Waals surface area contributed by atoms with E-state index in [0.29, 0.717) is 0 Å². The molecule has 0 radical (unpaired) electrons. The van der Waals surface area contributed by atoms with E-state index in [-0.39, 0.29) is 0 Å². The molecule has 0 heterocycles. The largest absolute Gasteiger partial charge is 0.315 e. The summed E-state index contributed by atoms with van der Waals surface area (Å²) in [4.78, 5) is 2.22. The third-order valence-electron chi connectivity index (χ3n) is 5.91. The van der Waals surface area contributed by atoms with Gasteiger partial charge in [-0.25, -0.2) is 0 Å². The van der Waals surface area contributed by atoms with E-state index in [1.807, 2.05) is 13.8 Å². The van der Waals surface area contributed by atoms with Gasteiger partial charge in [-0.1, -0.05) is 114 Å². The van der Waals surface area contributed by atoms with Gasteiger partial charge in [0.15, 0.2) is 0 Å². The minimum atomic E-state index is 0.807. The van der Waals surface area contributed by atoms with Gasteiger partial charge in [-0.15, -0.1) is 0 Å². The van der Waals surface area contributed by atoms with Crippen LogP contribution >= 0.6 is 0 Å². The molecule has 0 saturated heterocycles. The van der Waals surface area contributed by atoms with Crippen LogP contribution in [0, 0.1) is 23.7 Å². The third-order valence-corrected chi connectivity index (χ3v) is 5.91. The van der Waals surface area contributed by atoms with Crippen molar-refractivity contribution in [2.24, 2.45) is 23.7 Å². The highest BCUT2D eigenvalue weighted by Gasteiger charge is 2.17. The van der Waals surface area contributed by atoms with Crippen molar-refractivity contribution in [1.82, 2.24) is 10.2 Å². The van der Waals surface area contributed by atoms with E-state index >= 15 is 0 Å². The molecule has 0 aliphatic heterocycles. The number of nitrogens with zero attached hydrogens (tertiary/aromatic N) is 1. The molecule has 29 heavy (non-hydrogen) atoms.